The number of rotatable bonds is 4. The maximum Gasteiger partial charge on any atom is 0.319 e. The number of thiazole rings is 1. The minimum absolute atomic E-state index is 0.0704. The van der Waals surface area contributed by atoms with E-state index in [0.717, 1.165) is 75.6 Å². The van der Waals surface area contributed by atoms with Crippen molar-refractivity contribution in [1.82, 2.24) is 24.1 Å². The Bertz CT molecular complexity index is 1310. The average Bonchev–Trinajstić information content (AvgIpc) is 3.35. The van der Waals surface area contributed by atoms with Crippen molar-refractivity contribution < 1.29 is 9.53 Å². The average molecular weight is 484 g/mol. The highest BCUT2D eigenvalue weighted by molar-refractivity contribution is 7.23. The predicted molar refractivity (Wildman–Crippen MR) is 134 cm³/mol. The Balaban J connectivity index is 1.52. The van der Waals surface area contributed by atoms with Gasteiger partial charge in [-0.2, -0.15) is 0 Å². The van der Waals surface area contributed by atoms with Crippen molar-refractivity contribution in [1.29, 1.82) is 0 Å². The molecular formula is C24H26ClN5O2S. The van der Waals surface area contributed by atoms with Crippen molar-refractivity contribution >= 4 is 44.1 Å². The van der Waals surface area contributed by atoms with Crippen molar-refractivity contribution in [3.63, 3.8) is 0 Å². The second-order valence-electron chi connectivity index (χ2n) is 8.41. The van der Waals surface area contributed by atoms with Gasteiger partial charge in [-0.05, 0) is 42.5 Å². The number of hydrogen-bond acceptors (Lipinski definition) is 5. The summed E-state index contributed by atoms with van der Waals surface area (Å²) in [5.74, 6) is 0.822. The van der Waals surface area contributed by atoms with Crippen molar-refractivity contribution in [2.45, 2.75) is 6.54 Å². The zero-order valence-electron chi connectivity index (χ0n) is 18.9. The molecule has 0 N–H and O–H groups in total. The molecule has 3 heterocycles. The number of amides is 2. The lowest BCUT2D eigenvalue weighted by Crippen LogP contribution is -2.51. The van der Waals surface area contributed by atoms with Crippen molar-refractivity contribution in [2.24, 2.45) is 0 Å². The molecule has 0 saturated carbocycles. The Hall–Kier alpha value is -2.81. The topological polar surface area (TPSA) is 53.3 Å². The van der Waals surface area contributed by atoms with E-state index in [0.29, 0.717) is 0 Å². The molecule has 5 rings (SSSR count). The van der Waals surface area contributed by atoms with Crippen LogP contribution in [0.1, 0.15) is 5.69 Å². The number of imidazole rings is 1. The summed E-state index contributed by atoms with van der Waals surface area (Å²) < 4.78 is 8.71. The summed E-state index contributed by atoms with van der Waals surface area (Å²) in [4.78, 5) is 24.3. The molecule has 0 atom stereocenters. The molecule has 0 bridgehead atoms. The van der Waals surface area contributed by atoms with E-state index in [-0.39, 0.29) is 6.03 Å². The molecule has 2 aromatic heterocycles. The molecule has 2 amide bonds. The molecule has 0 radical (unpaired) electrons. The highest BCUT2D eigenvalue weighted by Gasteiger charge is 2.25. The van der Waals surface area contributed by atoms with Gasteiger partial charge in [0.05, 0.1) is 28.7 Å². The zero-order valence-corrected chi connectivity index (χ0v) is 20.5. The van der Waals surface area contributed by atoms with Gasteiger partial charge in [-0.3, -0.25) is 9.30 Å². The lowest BCUT2D eigenvalue weighted by Gasteiger charge is -2.35. The maximum absolute atomic E-state index is 12.3. The number of aromatic nitrogens is 2. The number of methoxy groups -OCH3 is 1. The van der Waals surface area contributed by atoms with Gasteiger partial charge in [0.2, 0.25) is 0 Å². The third-order valence-electron chi connectivity index (χ3n) is 6.07. The Morgan fingerprint density at radius 2 is 1.85 bits per heavy atom. The number of fused-ring (bicyclic) bond motifs is 3. The fourth-order valence-corrected chi connectivity index (χ4v) is 5.64. The number of ether oxygens (including phenoxy) is 1. The molecule has 0 unspecified atom stereocenters. The van der Waals surface area contributed by atoms with Crippen LogP contribution in [0.3, 0.4) is 0 Å². The van der Waals surface area contributed by atoms with E-state index in [1.54, 1.807) is 37.4 Å². The highest BCUT2D eigenvalue weighted by atomic mass is 35.5. The summed E-state index contributed by atoms with van der Waals surface area (Å²) in [6.07, 6.45) is 0. The smallest absolute Gasteiger partial charge is 0.319 e. The Morgan fingerprint density at radius 3 is 2.52 bits per heavy atom. The van der Waals surface area contributed by atoms with Crippen LogP contribution in [0.15, 0.2) is 42.5 Å². The predicted octanol–water partition coefficient (Wildman–Crippen LogP) is 4.68. The third kappa shape index (κ3) is 4.14. The molecule has 9 heteroatoms. The SMILES string of the molecule is COc1ccc(-c2nc3sc4cc(Cl)ccc4n3c2CN2CCN(C(=O)N(C)C)CC2)cc1. The minimum Gasteiger partial charge on any atom is -0.497 e. The molecule has 0 aliphatic carbocycles. The number of nitrogens with zero attached hydrogens (tertiary/aromatic N) is 5. The number of carbonyl (C=O) groups excluding carboxylic acids is 1. The van der Waals surface area contributed by atoms with Crippen LogP contribution in [0, 0.1) is 0 Å². The van der Waals surface area contributed by atoms with Gasteiger partial charge in [0.25, 0.3) is 0 Å². The number of benzene rings is 2. The fraction of sp³-hybridized carbons (Fsp3) is 0.333. The number of carbonyl (C=O) groups is 1. The normalized spacial score (nSPS) is 14.8. The molecule has 7 nitrogen and oxygen atoms in total. The van der Waals surface area contributed by atoms with Crippen LogP contribution in [0.4, 0.5) is 4.79 Å². The van der Waals surface area contributed by atoms with Crippen LogP contribution in [0.5, 0.6) is 5.75 Å². The molecule has 4 aromatic rings. The van der Waals surface area contributed by atoms with Gasteiger partial charge in [-0.1, -0.05) is 22.9 Å². The van der Waals surface area contributed by atoms with E-state index in [1.165, 1.54) is 0 Å². The molecule has 1 aliphatic rings. The van der Waals surface area contributed by atoms with Crippen LogP contribution in [-0.2, 0) is 6.54 Å². The van der Waals surface area contributed by atoms with Gasteiger partial charge < -0.3 is 14.5 Å². The first-order valence-corrected chi connectivity index (χ1v) is 12.1. The second-order valence-corrected chi connectivity index (χ2v) is 9.85. The van der Waals surface area contributed by atoms with E-state index in [2.05, 4.69) is 27.5 Å². The number of urea groups is 1. The summed E-state index contributed by atoms with van der Waals surface area (Å²) in [5.41, 5.74) is 4.30. The van der Waals surface area contributed by atoms with Crippen molar-refractivity contribution in [3.8, 4) is 17.0 Å². The largest absolute Gasteiger partial charge is 0.497 e. The Kier molecular flexibility index (Phi) is 5.90. The molecule has 2 aromatic carbocycles. The molecule has 0 spiro atoms. The second kappa shape index (κ2) is 8.85. The minimum atomic E-state index is 0.0704. The van der Waals surface area contributed by atoms with Crippen molar-refractivity contribution in [2.75, 3.05) is 47.4 Å². The van der Waals surface area contributed by atoms with Crippen molar-refractivity contribution in [3.05, 3.63) is 53.2 Å². The number of halogens is 1. The van der Waals surface area contributed by atoms with Gasteiger partial charge >= 0.3 is 6.03 Å². The highest BCUT2D eigenvalue weighted by Crippen LogP contribution is 2.35. The number of hydrogen-bond donors (Lipinski definition) is 0. The first-order chi connectivity index (χ1) is 15.9. The van der Waals surface area contributed by atoms with Crippen LogP contribution < -0.4 is 4.74 Å². The molecule has 1 aliphatic heterocycles. The van der Waals surface area contributed by atoms with Gasteiger partial charge in [-0.15, -0.1) is 0 Å². The monoisotopic (exact) mass is 483 g/mol. The quantitative estimate of drug-likeness (QED) is 0.423. The van der Waals surface area contributed by atoms with Crippen LogP contribution in [0.25, 0.3) is 26.4 Å². The van der Waals surface area contributed by atoms with Gasteiger partial charge in [-0.25, -0.2) is 9.78 Å². The molecule has 1 fully saturated rings. The summed E-state index contributed by atoms with van der Waals surface area (Å²) in [6, 6.07) is 14.1. The Morgan fingerprint density at radius 1 is 1.12 bits per heavy atom. The van der Waals surface area contributed by atoms with E-state index >= 15 is 0 Å². The van der Waals surface area contributed by atoms with E-state index in [1.807, 2.05) is 29.2 Å². The van der Waals surface area contributed by atoms with E-state index in [9.17, 15) is 4.79 Å². The van der Waals surface area contributed by atoms with Gasteiger partial charge in [0, 0.05) is 57.4 Å². The molecule has 1 saturated heterocycles. The third-order valence-corrected chi connectivity index (χ3v) is 7.31. The van der Waals surface area contributed by atoms with Gasteiger partial charge in [0.15, 0.2) is 4.96 Å². The lowest BCUT2D eigenvalue weighted by atomic mass is 10.1. The van der Waals surface area contributed by atoms with Crippen LogP contribution in [0.2, 0.25) is 5.02 Å². The standard InChI is InChI=1S/C24H26ClN5O2S/c1-27(2)24(31)29-12-10-28(11-13-29)15-20-22(16-4-7-18(32-3)8-5-16)26-23-30(20)19-9-6-17(25)14-21(19)33-23/h4-9,14H,10-13,15H2,1-3H3. The summed E-state index contributed by atoms with van der Waals surface area (Å²) in [6.45, 7) is 3.83. The van der Waals surface area contributed by atoms with Crippen LogP contribution >= 0.6 is 22.9 Å². The Labute approximate surface area is 201 Å². The molecular weight excluding hydrogens is 458 g/mol. The number of piperazine rings is 1. The summed E-state index contributed by atoms with van der Waals surface area (Å²) in [5, 5.41) is 0.727. The maximum atomic E-state index is 12.3. The first-order valence-electron chi connectivity index (χ1n) is 10.9. The molecule has 33 heavy (non-hydrogen) atoms. The summed E-state index contributed by atoms with van der Waals surface area (Å²) >= 11 is 7.90. The van der Waals surface area contributed by atoms with Crippen LogP contribution in [-0.4, -0.2) is 77.5 Å². The lowest BCUT2D eigenvalue weighted by molar-refractivity contribution is 0.119. The molecule has 172 valence electrons. The summed E-state index contributed by atoms with van der Waals surface area (Å²) in [7, 11) is 5.27. The zero-order chi connectivity index (χ0) is 23.1. The van der Waals surface area contributed by atoms with E-state index < -0.39 is 0 Å². The van der Waals surface area contributed by atoms with Gasteiger partial charge in [0.1, 0.15) is 5.75 Å². The first kappa shape index (κ1) is 22.0. The van der Waals surface area contributed by atoms with E-state index in [4.69, 9.17) is 21.3 Å². The fourth-order valence-electron chi connectivity index (χ4n) is 4.32.